The second kappa shape index (κ2) is 9.86. The number of sulfonamides is 1. The molecule has 6 heteroatoms. The molecule has 168 valence electrons. The molecule has 1 aliphatic heterocycles. The van der Waals surface area contributed by atoms with Crippen LogP contribution in [0.15, 0.2) is 78.9 Å². The molecular weight excluding hydrogens is 418 g/mol. The average molecular weight is 450 g/mol. The van der Waals surface area contributed by atoms with E-state index >= 15 is 0 Å². The van der Waals surface area contributed by atoms with E-state index in [2.05, 4.69) is 47.8 Å². The fraction of sp³-hybridized carbons (Fsp3) is 0.308. The third-order valence-corrected chi connectivity index (χ3v) is 7.78. The summed E-state index contributed by atoms with van der Waals surface area (Å²) in [7, 11) is 0.371. The Kier molecular flexibility index (Phi) is 6.94. The van der Waals surface area contributed by atoms with E-state index in [1.54, 1.807) is 4.31 Å². The van der Waals surface area contributed by atoms with Crippen LogP contribution in [0.4, 0.5) is 5.69 Å². The van der Waals surface area contributed by atoms with Gasteiger partial charge in [-0.1, -0.05) is 66.7 Å². The molecule has 0 spiro atoms. The Bertz CT molecular complexity index is 1130. The van der Waals surface area contributed by atoms with E-state index in [1.165, 1.54) is 0 Å². The van der Waals surface area contributed by atoms with Gasteiger partial charge in [-0.15, -0.1) is 0 Å². The maximum Gasteiger partial charge on any atom is 0.215 e. The Morgan fingerprint density at radius 2 is 1.62 bits per heavy atom. The van der Waals surface area contributed by atoms with Crippen LogP contribution in [-0.4, -0.2) is 56.6 Å². The van der Waals surface area contributed by atoms with E-state index in [0.29, 0.717) is 26.1 Å². The van der Waals surface area contributed by atoms with Crippen molar-refractivity contribution in [1.29, 1.82) is 0 Å². The Morgan fingerprint density at radius 3 is 2.31 bits per heavy atom. The van der Waals surface area contributed by atoms with E-state index in [-0.39, 0.29) is 11.8 Å². The lowest BCUT2D eigenvalue weighted by atomic mass is 10.0. The highest BCUT2D eigenvalue weighted by molar-refractivity contribution is 7.89. The lowest BCUT2D eigenvalue weighted by Crippen LogP contribution is -2.45. The molecule has 0 radical (unpaired) electrons. The topological polar surface area (TPSA) is 52.7 Å². The number of nitrogens with zero attached hydrogens (tertiary/aromatic N) is 2. The molecule has 4 rings (SSSR count). The monoisotopic (exact) mass is 449 g/mol. The largest absolute Gasteiger partial charge is 0.383 e. The minimum Gasteiger partial charge on any atom is -0.383 e. The van der Waals surface area contributed by atoms with E-state index in [4.69, 9.17) is 0 Å². The van der Waals surface area contributed by atoms with Crippen molar-refractivity contribution in [3.8, 4) is 11.1 Å². The van der Waals surface area contributed by atoms with Crippen molar-refractivity contribution in [3.05, 3.63) is 90.0 Å². The first-order valence-corrected chi connectivity index (χ1v) is 12.6. The van der Waals surface area contributed by atoms with Crippen LogP contribution in [0.5, 0.6) is 0 Å². The number of fused-ring (bicyclic) bond motifs is 1. The quantitative estimate of drug-likeness (QED) is 0.591. The van der Waals surface area contributed by atoms with Gasteiger partial charge in [0, 0.05) is 31.4 Å². The Labute approximate surface area is 191 Å². The third-order valence-electron chi connectivity index (χ3n) is 5.94. The van der Waals surface area contributed by atoms with Crippen LogP contribution in [0.2, 0.25) is 0 Å². The number of hydrogen-bond donors (Lipinski definition) is 1. The summed E-state index contributed by atoms with van der Waals surface area (Å²) in [4.78, 5) is 1.92. The molecule has 0 fully saturated rings. The third kappa shape index (κ3) is 5.38. The van der Waals surface area contributed by atoms with Crippen molar-refractivity contribution in [2.24, 2.45) is 0 Å². The van der Waals surface area contributed by atoms with Crippen molar-refractivity contribution in [2.45, 2.75) is 19.0 Å². The van der Waals surface area contributed by atoms with Gasteiger partial charge in [0.15, 0.2) is 0 Å². The normalized spacial score (nSPS) is 16.9. The summed E-state index contributed by atoms with van der Waals surface area (Å²) in [6.45, 7) is 1.45. The summed E-state index contributed by atoms with van der Waals surface area (Å²) in [6.07, 6.45) is 0.675. The van der Waals surface area contributed by atoms with Gasteiger partial charge in [-0.25, -0.2) is 8.42 Å². The van der Waals surface area contributed by atoms with Gasteiger partial charge in [0.25, 0.3) is 0 Å². The predicted octanol–water partition coefficient (Wildman–Crippen LogP) is 4.08. The first-order chi connectivity index (χ1) is 15.4. The first-order valence-electron chi connectivity index (χ1n) is 11.0. The molecule has 0 aliphatic carbocycles. The van der Waals surface area contributed by atoms with Crippen molar-refractivity contribution in [2.75, 3.05) is 38.3 Å². The highest BCUT2D eigenvalue weighted by Gasteiger charge is 2.33. The van der Waals surface area contributed by atoms with Crippen LogP contribution < -0.4 is 5.32 Å². The van der Waals surface area contributed by atoms with E-state index in [1.807, 2.05) is 55.4 Å². The Morgan fingerprint density at radius 1 is 0.938 bits per heavy atom. The molecule has 1 N–H and O–H groups in total. The van der Waals surface area contributed by atoms with Gasteiger partial charge in [-0.3, -0.25) is 0 Å². The number of rotatable bonds is 7. The molecule has 1 aliphatic rings. The molecule has 0 saturated heterocycles. The molecule has 1 atom stereocenters. The summed E-state index contributed by atoms with van der Waals surface area (Å²) < 4.78 is 28.7. The molecule has 0 aromatic heterocycles. The number of anilines is 1. The molecule has 3 aromatic rings. The van der Waals surface area contributed by atoms with Crippen molar-refractivity contribution in [3.63, 3.8) is 0 Å². The molecule has 0 saturated carbocycles. The van der Waals surface area contributed by atoms with Gasteiger partial charge in [-0.05, 0) is 54.9 Å². The van der Waals surface area contributed by atoms with Crippen LogP contribution in [-0.2, 0) is 23.0 Å². The summed E-state index contributed by atoms with van der Waals surface area (Å²) >= 11 is 0. The number of nitrogens with one attached hydrogen (secondary N) is 1. The minimum atomic E-state index is -3.44. The van der Waals surface area contributed by atoms with Crippen molar-refractivity contribution < 1.29 is 8.42 Å². The molecule has 1 heterocycles. The van der Waals surface area contributed by atoms with Crippen LogP contribution >= 0.6 is 0 Å². The van der Waals surface area contributed by atoms with E-state index in [0.717, 1.165) is 27.9 Å². The lowest BCUT2D eigenvalue weighted by molar-refractivity contribution is 0.322. The minimum absolute atomic E-state index is 0.110. The Hall–Kier alpha value is -2.67. The van der Waals surface area contributed by atoms with Crippen molar-refractivity contribution >= 4 is 15.7 Å². The van der Waals surface area contributed by atoms with Gasteiger partial charge in [0.1, 0.15) is 0 Å². The maximum absolute atomic E-state index is 13.5. The number of hydrogen-bond acceptors (Lipinski definition) is 4. The second-order valence-electron chi connectivity index (χ2n) is 8.63. The molecule has 0 bridgehead atoms. The summed E-state index contributed by atoms with van der Waals surface area (Å²) in [5.41, 5.74) is 5.38. The molecular formula is C26H31N3O2S. The molecule has 0 amide bonds. The predicted molar refractivity (Wildman–Crippen MR) is 132 cm³/mol. The zero-order valence-electron chi connectivity index (χ0n) is 18.7. The number of benzene rings is 3. The smallest absolute Gasteiger partial charge is 0.215 e. The first kappa shape index (κ1) is 22.5. The standard InChI is InChI=1S/C26H31N3O2S/c1-28(2)15-16-32(30,31)29-20-24-18-23(22-11-7-4-8-12-22)13-14-26(24)27-19-25(29)17-21-9-5-3-6-10-21/h3-14,18,25,27H,15-17,19-20H2,1-2H3/t25-/m1/s1. The van der Waals surface area contributed by atoms with Crippen LogP contribution in [0.3, 0.4) is 0 Å². The van der Waals surface area contributed by atoms with Crippen molar-refractivity contribution in [1.82, 2.24) is 9.21 Å². The van der Waals surface area contributed by atoms with Crippen LogP contribution in [0.25, 0.3) is 11.1 Å². The summed E-state index contributed by atoms with van der Waals surface area (Å²) in [6, 6.07) is 26.5. The zero-order chi connectivity index (χ0) is 22.6. The molecule has 0 unspecified atom stereocenters. The average Bonchev–Trinajstić information content (AvgIpc) is 2.99. The fourth-order valence-electron chi connectivity index (χ4n) is 4.13. The van der Waals surface area contributed by atoms with Crippen LogP contribution in [0, 0.1) is 0 Å². The fourth-order valence-corrected chi connectivity index (χ4v) is 5.90. The molecule has 5 nitrogen and oxygen atoms in total. The van der Waals surface area contributed by atoms with E-state index in [9.17, 15) is 8.42 Å². The van der Waals surface area contributed by atoms with Gasteiger partial charge >= 0.3 is 0 Å². The maximum atomic E-state index is 13.5. The molecule has 3 aromatic carbocycles. The Balaban J connectivity index is 1.68. The van der Waals surface area contributed by atoms with Gasteiger partial charge in [-0.2, -0.15) is 4.31 Å². The zero-order valence-corrected chi connectivity index (χ0v) is 19.6. The van der Waals surface area contributed by atoms with Gasteiger partial charge in [0.2, 0.25) is 10.0 Å². The SMILES string of the molecule is CN(C)CCS(=O)(=O)N1Cc2cc(-c3ccccc3)ccc2NC[C@H]1Cc1ccccc1. The summed E-state index contributed by atoms with van der Waals surface area (Å²) in [5.74, 6) is 0.110. The summed E-state index contributed by atoms with van der Waals surface area (Å²) in [5, 5.41) is 3.52. The van der Waals surface area contributed by atoms with Crippen LogP contribution in [0.1, 0.15) is 11.1 Å². The van der Waals surface area contributed by atoms with E-state index < -0.39 is 10.0 Å². The highest BCUT2D eigenvalue weighted by Crippen LogP contribution is 2.30. The van der Waals surface area contributed by atoms with Gasteiger partial charge < -0.3 is 10.2 Å². The second-order valence-corrected chi connectivity index (χ2v) is 10.7. The molecule has 32 heavy (non-hydrogen) atoms. The lowest BCUT2D eigenvalue weighted by Gasteiger charge is -2.29. The highest BCUT2D eigenvalue weighted by atomic mass is 32.2. The van der Waals surface area contributed by atoms with Gasteiger partial charge in [0.05, 0.1) is 5.75 Å².